The number of quaternary nitrogens is 1. The lowest BCUT2D eigenvalue weighted by Crippen LogP contribution is -3.13. The van der Waals surface area contributed by atoms with Crippen molar-refractivity contribution in [3.63, 3.8) is 0 Å². The summed E-state index contributed by atoms with van der Waals surface area (Å²) in [5.74, 6) is 1.08. The van der Waals surface area contributed by atoms with Crippen LogP contribution in [0.2, 0.25) is 0 Å². The summed E-state index contributed by atoms with van der Waals surface area (Å²) in [5.41, 5.74) is 5.34. The Kier molecular flexibility index (Phi) is 6.37. The Morgan fingerprint density at radius 3 is 2.35 bits per heavy atom. The number of para-hydroxylation sites is 1. The first-order valence-electron chi connectivity index (χ1n) is 10.9. The number of carbonyl (C=O) groups excluding carboxylic acids is 1. The molecule has 3 aromatic rings. The number of aryl methyl sites for hydroxylation is 1. The molecule has 0 atom stereocenters. The second kappa shape index (κ2) is 9.35. The fourth-order valence-electron chi connectivity index (χ4n) is 4.30. The number of hydrogen-bond donors (Lipinski definition) is 1. The molecule has 2 aromatic carbocycles. The van der Waals surface area contributed by atoms with E-state index in [1.54, 1.807) is 7.11 Å². The van der Waals surface area contributed by atoms with Gasteiger partial charge in [-0.3, -0.25) is 4.79 Å². The topological polar surface area (TPSA) is 51.8 Å². The van der Waals surface area contributed by atoms with Gasteiger partial charge in [-0.2, -0.15) is 5.10 Å². The number of aromatic nitrogens is 2. The van der Waals surface area contributed by atoms with E-state index in [-0.39, 0.29) is 5.91 Å². The number of nitrogens with one attached hydrogen (secondary N) is 1. The Hall–Kier alpha value is -3.12. The molecule has 0 unspecified atom stereocenters. The van der Waals surface area contributed by atoms with E-state index in [0.29, 0.717) is 6.42 Å². The predicted octanol–water partition coefficient (Wildman–Crippen LogP) is 1.97. The van der Waals surface area contributed by atoms with E-state index in [4.69, 9.17) is 4.74 Å². The Bertz CT molecular complexity index is 1020. The molecule has 4 rings (SSSR count). The van der Waals surface area contributed by atoms with Crippen molar-refractivity contribution in [1.29, 1.82) is 0 Å². The molecule has 1 saturated heterocycles. The van der Waals surface area contributed by atoms with Crippen LogP contribution in [0, 0.1) is 13.8 Å². The van der Waals surface area contributed by atoms with Gasteiger partial charge >= 0.3 is 0 Å². The van der Waals surface area contributed by atoms with Gasteiger partial charge in [0, 0.05) is 16.8 Å². The standard InChI is InChI=1S/C25H30N4O2/c1-19-24(20(2)29(26-19)22-7-5-4-6-8-22)17-25(30)28-15-13-27(14-16-28)18-21-9-11-23(31-3)12-10-21/h4-12H,13-18H2,1-3H3/p+1. The molecule has 0 aliphatic carbocycles. The van der Waals surface area contributed by atoms with Gasteiger partial charge < -0.3 is 14.5 Å². The average molecular weight is 420 g/mol. The lowest BCUT2D eigenvalue weighted by Gasteiger charge is -2.32. The number of carbonyl (C=O) groups is 1. The van der Waals surface area contributed by atoms with Gasteiger partial charge in [-0.1, -0.05) is 18.2 Å². The number of amides is 1. The zero-order chi connectivity index (χ0) is 21.8. The highest BCUT2D eigenvalue weighted by Crippen LogP contribution is 2.19. The Balaban J connectivity index is 1.34. The maximum atomic E-state index is 13.0. The second-order valence-corrected chi connectivity index (χ2v) is 8.23. The van der Waals surface area contributed by atoms with E-state index in [2.05, 4.69) is 17.2 Å². The van der Waals surface area contributed by atoms with Crippen molar-refractivity contribution in [2.45, 2.75) is 26.8 Å². The molecule has 0 saturated carbocycles. The van der Waals surface area contributed by atoms with E-state index in [0.717, 1.165) is 61.1 Å². The van der Waals surface area contributed by atoms with Gasteiger partial charge in [0.05, 0.1) is 51.1 Å². The van der Waals surface area contributed by atoms with E-state index < -0.39 is 0 Å². The lowest BCUT2D eigenvalue weighted by molar-refractivity contribution is -0.917. The summed E-state index contributed by atoms with van der Waals surface area (Å²) in [5, 5.41) is 4.68. The van der Waals surface area contributed by atoms with Crippen molar-refractivity contribution in [3.8, 4) is 11.4 Å². The van der Waals surface area contributed by atoms with Gasteiger partial charge in [-0.25, -0.2) is 4.68 Å². The first-order valence-corrected chi connectivity index (χ1v) is 10.9. The Labute approximate surface area is 184 Å². The molecule has 162 valence electrons. The third-order valence-corrected chi connectivity index (χ3v) is 6.21. The highest BCUT2D eigenvalue weighted by Gasteiger charge is 2.25. The van der Waals surface area contributed by atoms with Crippen LogP contribution in [-0.2, 0) is 17.8 Å². The van der Waals surface area contributed by atoms with Gasteiger partial charge in [0.15, 0.2) is 0 Å². The third-order valence-electron chi connectivity index (χ3n) is 6.21. The first-order chi connectivity index (χ1) is 15.0. The molecule has 0 spiro atoms. The molecule has 2 heterocycles. The summed E-state index contributed by atoms with van der Waals surface area (Å²) in [6.45, 7) is 8.56. The summed E-state index contributed by atoms with van der Waals surface area (Å²) in [7, 11) is 1.69. The van der Waals surface area contributed by atoms with Crippen molar-refractivity contribution in [3.05, 3.63) is 77.1 Å². The number of nitrogens with zero attached hydrogens (tertiary/aromatic N) is 3. The van der Waals surface area contributed by atoms with Crippen molar-refractivity contribution < 1.29 is 14.4 Å². The average Bonchev–Trinajstić information content (AvgIpc) is 3.09. The van der Waals surface area contributed by atoms with E-state index in [9.17, 15) is 4.79 Å². The molecule has 1 N–H and O–H groups in total. The van der Waals surface area contributed by atoms with Gasteiger partial charge in [0.25, 0.3) is 0 Å². The molecule has 1 fully saturated rings. The van der Waals surface area contributed by atoms with E-state index in [1.807, 2.05) is 65.9 Å². The fraction of sp³-hybridized carbons (Fsp3) is 0.360. The van der Waals surface area contributed by atoms with Gasteiger partial charge in [0.2, 0.25) is 5.91 Å². The zero-order valence-corrected chi connectivity index (χ0v) is 18.6. The van der Waals surface area contributed by atoms with Gasteiger partial charge in [-0.15, -0.1) is 0 Å². The number of piperazine rings is 1. The minimum atomic E-state index is 0.197. The minimum Gasteiger partial charge on any atom is -0.497 e. The number of hydrogen-bond acceptors (Lipinski definition) is 3. The second-order valence-electron chi connectivity index (χ2n) is 8.23. The molecule has 6 nitrogen and oxygen atoms in total. The fourth-order valence-corrected chi connectivity index (χ4v) is 4.30. The SMILES string of the molecule is COc1ccc(C[NH+]2CCN(C(=O)Cc3c(C)nn(-c4ccccc4)c3C)CC2)cc1. The van der Waals surface area contributed by atoms with Crippen LogP contribution in [0.3, 0.4) is 0 Å². The van der Waals surface area contributed by atoms with Crippen LogP contribution < -0.4 is 9.64 Å². The van der Waals surface area contributed by atoms with Crippen LogP contribution in [0.1, 0.15) is 22.5 Å². The molecule has 6 heteroatoms. The molecule has 1 aromatic heterocycles. The molecular formula is C25H31N4O2+. The number of ether oxygens (including phenoxy) is 1. The highest BCUT2D eigenvalue weighted by atomic mass is 16.5. The first kappa shape index (κ1) is 21.1. The summed E-state index contributed by atoms with van der Waals surface area (Å²) in [4.78, 5) is 16.5. The van der Waals surface area contributed by atoms with Crippen LogP contribution in [0.25, 0.3) is 5.69 Å². The maximum Gasteiger partial charge on any atom is 0.227 e. The zero-order valence-electron chi connectivity index (χ0n) is 18.6. The quantitative estimate of drug-likeness (QED) is 0.665. The molecule has 0 bridgehead atoms. The normalized spacial score (nSPS) is 14.6. The summed E-state index contributed by atoms with van der Waals surface area (Å²) < 4.78 is 7.17. The van der Waals surface area contributed by atoms with Crippen LogP contribution in [-0.4, -0.2) is 53.9 Å². The van der Waals surface area contributed by atoms with E-state index in [1.165, 1.54) is 10.5 Å². The smallest absolute Gasteiger partial charge is 0.227 e. The van der Waals surface area contributed by atoms with Gasteiger partial charge in [0.1, 0.15) is 12.3 Å². The van der Waals surface area contributed by atoms with Crippen LogP contribution in [0.5, 0.6) is 5.75 Å². The number of benzene rings is 2. The van der Waals surface area contributed by atoms with Gasteiger partial charge in [-0.05, 0) is 50.2 Å². The molecule has 1 amide bonds. The Morgan fingerprint density at radius 2 is 1.71 bits per heavy atom. The Morgan fingerprint density at radius 1 is 1.03 bits per heavy atom. The largest absolute Gasteiger partial charge is 0.497 e. The number of rotatable bonds is 6. The van der Waals surface area contributed by atoms with Crippen molar-refractivity contribution in [2.75, 3.05) is 33.3 Å². The van der Waals surface area contributed by atoms with E-state index >= 15 is 0 Å². The molecule has 1 aliphatic heterocycles. The molecule has 1 aliphatic rings. The van der Waals surface area contributed by atoms with Crippen LogP contribution in [0.4, 0.5) is 0 Å². The third kappa shape index (κ3) is 4.80. The predicted molar refractivity (Wildman–Crippen MR) is 121 cm³/mol. The summed E-state index contributed by atoms with van der Waals surface area (Å²) in [6.07, 6.45) is 0.415. The monoisotopic (exact) mass is 419 g/mol. The molecule has 0 radical (unpaired) electrons. The van der Waals surface area contributed by atoms with Crippen LogP contribution in [0.15, 0.2) is 54.6 Å². The number of methoxy groups -OCH3 is 1. The highest BCUT2D eigenvalue weighted by molar-refractivity contribution is 5.79. The molecular weight excluding hydrogens is 388 g/mol. The van der Waals surface area contributed by atoms with Crippen molar-refractivity contribution in [2.24, 2.45) is 0 Å². The summed E-state index contributed by atoms with van der Waals surface area (Å²) in [6, 6.07) is 18.3. The van der Waals surface area contributed by atoms with Crippen molar-refractivity contribution in [1.82, 2.24) is 14.7 Å². The maximum absolute atomic E-state index is 13.0. The lowest BCUT2D eigenvalue weighted by atomic mass is 10.1. The summed E-state index contributed by atoms with van der Waals surface area (Å²) >= 11 is 0. The minimum absolute atomic E-state index is 0.197. The molecule has 31 heavy (non-hydrogen) atoms. The van der Waals surface area contributed by atoms with Crippen molar-refractivity contribution >= 4 is 5.91 Å². The van der Waals surface area contributed by atoms with Crippen LogP contribution >= 0.6 is 0 Å².